The minimum absolute atomic E-state index is 0.0354. The molecule has 2 N–H and O–H groups in total. The van der Waals surface area contributed by atoms with Crippen molar-refractivity contribution in [1.29, 1.82) is 0 Å². The Kier molecular flexibility index (Phi) is 5.68. The van der Waals surface area contributed by atoms with Crippen LogP contribution in [0, 0.1) is 12.3 Å². The highest BCUT2D eigenvalue weighted by molar-refractivity contribution is 9.10. The van der Waals surface area contributed by atoms with E-state index in [4.69, 9.17) is 11.5 Å². The van der Waals surface area contributed by atoms with Crippen molar-refractivity contribution < 1.29 is 14.7 Å². The first-order valence-corrected chi connectivity index (χ1v) is 6.61. The van der Waals surface area contributed by atoms with Gasteiger partial charge < -0.3 is 15.3 Å². The Bertz CT molecular complexity index is 481. The number of hydrogen-bond acceptors (Lipinski definition) is 3. The van der Waals surface area contributed by atoms with Crippen LogP contribution in [0.5, 0.6) is 0 Å². The average molecular weight is 331 g/mol. The predicted octanol–water partition coefficient (Wildman–Crippen LogP) is 1.74. The smallest absolute Gasteiger partial charge is 0.323 e. The lowest BCUT2D eigenvalue weighted by molar-refractivity contribution is -0.137. The van der Waals surface area contributed by atoms with Gasteiger partial charge in [-0.3, -0.25) is 4.79 Å². The van der Waals surface area contributed by atoms with E-state index >= 15 is 0 Å². The van der Waals surface area contributed by atoms with E-state index in [9.17, 15) is 9.59 Å². The van der Waals surface area contributed by atoms with E-state index in [1.165, 1.54) is 11.3 Å². The molecule has 0 aliphatic heterocycles. The maximum atomic E-state index is 11.7. The molecule has 1 aromatic rings. The van der Waals surface area contributed by atoms with Crippen LogP contribution >= 0.6 is 27.3 Å². The van der Waals surface area contributed by atoms with Crippen molar-refractivity contribution in [2.45, 2.75) is 6.54 Å². The van der Waals surface area contributed by atoms with Gasteiger partial charge in [-0.1, -0.05) is 5.92 Å². The molecule has 0 saturated heterocycles. The fourth-order valence-electron chi connectivity index (χ4n) is 1.19. The summed E-state index contributed by atoms with van der Waals surface area (Å²) in [6.07, 6.45) is 5.08. The van der Waals surface area contributed by atoms with E-state index in [2.05, 4.69) is 27.2 Å². The third-order valence-corrected chi connectivity index (χ3v) is 3.63. The van der Waals surface area contributed by atoms with Crippen LogP contribution in [0.4, 0.5) is 4.79 Å². The van der Waals surface area contributed by atoms with Gasteiger partial charge in [0.05, 0.1) is 13.1 Å². The zero-order valence-electron chi connectivity index (χ0n) is 9.35. The molecule has 0 saturated carbocycles. The minimum atomic E-state index is -1.10. The summed E-state index contributed by atoms with van der Waals surface area (Å²) in [4.78, 5) is 24.3. The van der Waals surface area contributed by atoms with Gasteiger partial charge in [-0.05, 0) is 22.0 Å². The molecule has 1 aromatic heterocycles. The fourth-order valence-corrected chi connectivity index (χ4v) is 2.58. The Morgan fingerprint density at radius 1 is 1.61 bits per heavy atom. The van der Waals surface area contributed by atoms with E-state index < -0.39 is 18.5 Å². The summed E-state index contributed by atoms with van der Waals surface area (Å²) in [5.41, 5.74) is 0. The molecule has 18 heavy (non-hydrogen) atoms. The second-order valence-electron chi connectivity index (χ2n) is 3.34. The Balaban J connectivity index is 2.51. The van der Waals surface area contributed by atoms with Crippen molar-refractivity contribution in [3.8, 4) is 12.3 Å². The van der Waals surface area contributed by atoms with E-state index in [-0.39, 0.29) is 6.54 Å². The molecule has 0 fully saturated rings. The van der Waals surface area contributed by atoms with Crippen molar-refractivity contribution in [3.63, 3.8) is 0 Å². The van der Waals surface area contributed by atoms with Gasteiger partial charge in [0, 0.05) is 14.7 Å². The van der Waals surface area contributed by atoms with Crippen LogP contribution in [-0.4, -0.2) is 35.1 Å². The number of carboxylic acid groups (broad SMARTS) is 1. The molecule has 0 aliphatic carbocycles. The number of hydrogen-bond donors (Lipinski definition) is 2. The fraction of sp³-hybridized carbons (Fsp3) is 0.273. The van der Waals surface area contributed by atoms with E-state index in [0.29, 0.717) is 6.54 Å². The summed E-state index contributed by atoms with van der Waals surface area (Å²) in [6, 6.07) is 1.40. The highest BCUT2D eigenvalue weighted by Crippen LogP contribution is 2.19. The third kappa shape index (κ3) is 4.77. The van der Waals surface area contributed by atoms with E-state index in [1.807, 2.05) is 11.4 Å². The number of rotatable bonds is 5. The van der Waals surface area contributed by atoms with Crippen LogP contribution in [0.25, 0.3) is 0 Å². The number of carbonyl (C=O) groups excluding carboxylic acids is 1. The zero-order valence-corrected chi connectivity index (χ0v) is 11.8. The van der Waals surface area contributed by atoms with Crippen molar-refractivity contribution in [2.75, 3.05) is 13.1 Å². The average Bonchev–Trinajstić information content (AvgIpc) is 2.71. The largest absolute Gasteiger partial charge is 0.480 e. The number of carbonyl (C=O) groups is 2. The number of urea groups is 1. The SMILES string of the molecule is C#CCN(CC(=O)O)C(=O)NCc1cc(Br)cs1. The van der Waals surface area contributed by atoms with Crippen molar-refractivity contribution in [2.24, 2.45) is 0 Å². The van der Waals surface area contributed by atoms with Gasteiger partial charge in [0.25, 0.3) is 0 Å². The molecular formula is C11H11BrN2O3S. The van der Waals surface area contributed by atoms with Crippen LogP contribution in [0.3, 0.4) is 0 Å². The van der Waals surface area contributed by atoms with Gasteiger partial charge in [0.1, 0.15) is 6.54 Å². The summed E-state index contributed by atoms with van der Waals surface area (Å²) in [7, 11) is 0. The maximum absolute atomic E-state index is 11.7. The number of terminal acetylenes is 1. The van der Waals surface area contributed by atoms with Crippen LogP contribution in [0.2, 0.25) is 0 Å². The second-order valence-corrected chi connectivity index (χ2v) is 5.26. The topological polar surface area (TPSA) is 69.6 Å². The number of aliphatic carboxylic acids is 1. The summed E-state index contributed by atoms with van der Waals surface area (Å²) in [6.45, 7) is -0.105. The second kappa shape index (κ2) is 7.03. The molecule has 1 heterocycles. The van der Waals surface area contributed by atoms with Crippen LogP contribution in [0.1, 0.15) is 4.88 Å². The predicted molar refractivity (Wildman–Crippen MR) is 72.3 cm³/mol. The molecule has 7 heteroatoms. The molecule has 0 bridgehead atoms. The van der Waals surface area contributed by atoms with Gasteiger partial charge >= 0.3 is 12.0 Å². The molecule has 0 spiro atoms. The van der Waals surface area contributed by atoms with E-state index in [0.717, 1.165) is 14.2 Å². The first-order valence-electron chi connectivity index (χ1n) is 4.94. The summed E-state index contributed by atoms with van der Waals surface area (Å²) < 4.78 is 0.947. The van der Waals surface area contributed by atoms with Gasteiger partial charge in [-0.25, -0.2) is 4.79 Å². The molecule has 0 unspecified atom stereocenters. The Morgan fingerprint density at radius 3 is 2.83 bits per heavy atom. The normalized spacial score (nSPS) is 9.56. The first-order chi connectivity index (χ1) is 8.52. The van der Waals surface area contributed by atoms with Gasteiger partial charge in [0.2, 0.25) is 0 Å². The number of carboxylic acids is 1. The highest BCUT2D eigenvalue weighted by Gasteiger charge is 2.15. The molecule has 1 rings (SSSR count). The van der Waals surface area contributed by atoms with E-state index in [1.54, 1.807) is 0 Å². The summed E-state index contributed by atoms with van der Waals surface area (Å²) in [5, 5.41) is 13.2. The molecular weight excluding hydrogens is 320 g/mol. The van der Waals surface area contributed by atoms with Crippen LogP contribution in [-0.2, 0) is 11.3 Å². The van der Waals surface area contributed by atoms with Crippen LogP contribution < -0.4 is 5.32 Å². The van der Waals surface area contributed by atoms with Gasteiger partial charge in [-0.2, -0.15) is 0 Å². The number of halogens is 1. The van der Waals surface area contributed by atoms with Gasteiger partial charge in [0.15, 0.2) is 0 Å². The summed E-state index contributed by atoms with van der Waals surface area (Å²) in [5.74, 6) is 1.16. The van der Waals surface area contributed by atoms with Crippen molar-refractivity contribution in [3.05, 3.63) is 20.8 Å². The molecule has 0 aliphatic rings. The lowest BCUT2D eigenvalue weighted by Crippen LogP contribution is -2.42. The lowest BCUT2D eigenvalue weighted by atomic mass is 10.4. The Morgan fingerprint density at radius 2 is 2.33 bits per heavy atom. The maximum Gasteiger partial charge on any atom is 0.323 e. The third-order valence-electron chi connectivity index (χ3n) is 1.93. The number of nitrogens with one attached hydrogen (secondary N) is 1. The zero-order chi connectivity index (χ0) is 13.5. The van der Waals surface area contributed by atoms with Crippen LogP contribution in [0.15, 0.2) is 15.9 Å². The highest BCUT2D eigenvalue weighted by atomic mass is 79.9. The molecule has 0 radical (unpaired) electrons. The Labute approximate surface area is 117 Å². The molecule has 5 nitrogen and oxygen atoms in total. The number of amides is 2. The minimum Gasteiger partial charge on any atom is -0.480 e. The van der Waals surface area contributed by atoms with Crippen molar-refractivity contribution >= 4 is 39.3 Å². The lowest BCUT2D eigenvalue weighted by Gasteiger charge is -2.18. The summed E-state index contributed by atoms with van der Waals surface area (Å²) >= 11 is 4.80. The quantitative estimate of drug-likeness (QED) is 0.808. The molecule has 0 atom stereocenters. The Hall–Kier alpha value is -1.52. The standard InChI is InChI=1S/C11H11BrN2O3S/c1-2-3-14(6-10(15)16)11(17)13-5-9-4-8(12)7-18-9/h1,4,7H,3,5-6H2,(H,13,17)(H,15,16). The molecule has 0 aromatic carbocycles. The monoisotopic (exact) mass is 330 g/mol. The van der Waals surface area contributed by atoms with Gasteiger partial charge in [-0.15, -0.1) is 17.8 Å². The molecule has 2 amide bonds. The molecule has 96 valence electrons. The number of nitrogens with zero attached hydrogens (tertiary/aromatic N) is 1. The number of thiophene rings is 1. The van der Waals surface area contributed by atoms with Crippen molar-refractivity contribution in [1.82, 2.24) is 10.2 Å². The first kappa shape index (κ1) is 14.5.